The quantitative estimate of drug-likeness (QED) is 0.812. The molecular weight excluding hydrogens is 244 g/mol. The second-order valence-electron chi connectivity index (χ2n) is 6.38. The standard InChI is InChI=1S/C18H30N2/c1-4-11-19-16(3)8-7-12-20-14-15(2)13-17-9-5-6-10-18(17)20/h5-6,9-10,15-16,19H,4,7-8,11-14H2,1-3H3. The molecule has 0 amide bonds. The molecule has 2 rings (SSSR count). The normalized spacial score (nSPS) is 19.8. The van der Waals surface area contributed by atoms with Crippen molar-refractivity contribution < 1.29 is 0 Å². The van der Waals surface area contributed by atoms with E-state index < -0.39 is 0 Å². The summed E-state index contributed by atoms with van der Waals surface area (Å²) in [5.74, 6) is 0.778. The smallest absolute Gasteiger partial charge is 0.0398 e. The summed E-state index contributed by atoms with van der Waals surface area (Å²) < 4.78 is 0. The van der Waals surface area contributed by atoms with Gasteiger partial charge in [0.25, 0.3) is 0 Å². The molecule has 1 heterocycles. The van der Waals surface area contributed by atoms with Gasteiger partial charge in [-0.05, 0) is 56.7 Å². The summed E-state index contributed by atoms with van der Waals surface area (Å²) in [7, 11) is 0. The van der Waals surface area contributed by atoms with Crippen molar-refractivity contribution in [3.8, 4) is 0 Å². The lowest BCUT2D eigenvalue weighted by Crippen LogP contribution is -2.36. The van der Waals surface area contributed by atoms with Crippen LogP contribution >= 0.6 is 0 Å². The Balaban J connectivity index is 1.84. The summed E-state index contributed by atoms with van der Waals surface area (Å²) in [4.78, 5) is 2.59. The first-order valence-corrected chi connectivity index (χ1v) is 8.27. The van der Waals surface area contributed by atoms with E-state index in [9.17, 15) is 0 Å². The van der Waals surface area contributed by atoms with Gasteiger partial charge in [-0.15, -0.1) is 0 Å². The molecule has 0 saturated heterocycles. The number of nitrogens with zero attached hydrogens (tertiary/aromatic N) is 1. The van der Waals surface area contributed by atoms with Crippen LogP contribution in [0.4, 0.5) is 5.69 Å². The Morgan fingerprint density at radius 2 is 2.15 bits per heavy atom. The molecule has 1 N–H and O–H groups in total. The van der Waals surface area contributed by atoms with Gasteiger partial charge in [-0.3, -0.25) is 0 Å². The third-order valence-electron chi connectivity index (χ3n) is 4.24. The molecule has 2 unspecified atom stereocenters. The SMILES string of the molecule is CCCNC(C)CCCN1CC(C)Cc2ccccc21. The highest BCUT2D eigenvalue weighted by molar-refractivity contribution is 5.55. The predicted molar refractivity (Wildman–Crippen MR) is 88.5 cm³/mol. The molecule has 0 aromatic heterocycles. The van der Waals surface area contributed by atoms with Gasteiger partial charge in [0.05, 0.1) is 0 Å². The fraction of sp³-hybridized carbons (Fsp3) is 0.667. The summed E-state index contributed by atoms with van der Waals surface area (Å²) in [6.45, 7) is 10.5. The Morgan fingerprint density at radius 1 is 1.35 bits per heavy atom. The lowest BCUT2D eigenvalue weighted by molar-refractivity contribution is 0.479. The van der Waals surface area contributed by atoms with E-state index in [0.29, 0.717) is 6.04 Å². The van der Waals surface area contributed by atoms with Gasteiger partial charge in [0.1, 0.15) is 0 Å². The van der Waals surface area contributed by atoms with E-state index in [4.69, 9.17) is 0 Å². The monoisotopic (exact) mass is 274 g/mol. The lowest BCUT2D eigenvalue weighted by atomic mass is 9.93. The van der Waals surface area contributed by atoms with Gasteiger partial charge >= 0.3 is 0 Å². The Hall–Kier alpha value is -1.02. The number of hydrogen-bond acceptors (Lipinski definition) is 2. The van der Waals surface area contributed by atoms with Crippen molar-refractivity contribution in [3.63, 3.8) is 0 Å². The van der Waals surface area contributed by atoms with Crippen molar-refractivity contribution in [1.29, 1.82) is 0 Å². The fourth-order valence-electron chi connectivity index (χ4n) is 3.20. The Morgan fingerprint density at radius 3 is 2.95 bits per heavy atom. The number of rotatable bonds is 7. The van der Waals surface area contributed by atoms with Crippen LogP contribution < -0.4 is 10.2 Å². The zero-order valence-electron chi connectivity index (χ0n) is 13.4. The van der Waals surface area contributed by atoms with E-state index in [1.165, 1.54) is 50.0 Å². The van der Waals surface area contributed by atoms with Crippen LogP contribution in [-0.4, -0.2) is 25.7 Å². The van der Waals surface area contributed by atoms with Crippen molar-refractivity contribution in [1.82, 2.24) is 5.32 Å². The minimum atomic E-state index is 0.646. The molecule has 2 atom stereocenters. The maximum absolute atomic E-state index is 3.58. The number of hydrogen-bond donors (Lipinski definition) is 1. The highest BCUT2D eigenvalue weighted by Crippen LogP contribution is 2.29. The van der Waals surface area contributed by atoms with Crippen LogP contribution in [0, 0.1) is 5.92 Å². The van der Waals surface area contributed by atoms with Crippen molar-refractivity contribution in [3.05, 3.63) is 29.8 Å². The Kier molecular flexibility index (Phi) is 5.90. The van der Waals surface area contributed by atoms with Crippen LogP contribution in [0.15, 0.2) is 24.3 Å². The van der Waals surface area contributed by atoms with Gasteiger partial charge in [-0.2, -0.15) is 0 Å². The van der Waals surface area contributed by atoms with Crippen LogP contribution in [0.3, 0.4) is 0 Å². The molecule has 0 saturated carbocycles. The van der Waals surface area contributed by atoms with Gasteiger partial charge in [0, 0.05) is 24.8 Å². The zero-order valence-corrected chi connectivity index (χ0v) is 13.4. The average Bonchev–Trinajstić information content (AvgIpc) is 2.45. The van der Waals surface area contributed by atoms with Gasteiger partial charge in [0.15, 0.2) is 0 Å². The number of nitrogens with one attached hydrogen (secondary N) is 1. The molecule has 2 nitrogen and oxygen atoms in total. The average molecular weight is 274 g/mol. The van der Waals surface area contributed by atoms with Gasteiger partial charge in [-0.25, -0.2) is 0 Å². The fourth-order valence-corrected chi connectivity index (χ4v) is 3.20. The summed E-state index contributed by atoms with van der Waals surface area (Å²) in [5, 5.41) is 3.58. The largest absolute Gasteiger partial charge is 0.371 e. The molecule has 1 aromatic carbocycles. The molecule has 2 heteroatoms. The van der Waals surface area contributed by atoms with Gasteiger partial charge in [-0.1, -0.05) is 32.0 Å². The van der Waals surface area contributed by atoms with Gasteiger partial charge < -0.3 is 10.2 Å². The number of fused-ring (bicyclic) bond motifs is 1. The molecule has 0 spiro atoms. The summed E-state index contributed by atoms with van der Waals surface area (Å²) in [5.41, 5.74) is 3.00. The number of para-hydroxylation sites is 1. The molecular formula is C18H30N2. The summed E-state index contributed by atoms with van der Waals surface area (Å²) in [6, 6.07) is 9.58. The first-order valence-electron chi connectivity index (χ1n) is 8.27. The minimum absolute atomic E-state index is 0.646. The minimum Gasteiger partial charge on any atom is -0.371 e. The summed E-state index contributed by atoms with van der Waals surface area (Å²) in [6.07, 6.45) is 5.01. The van der Waals surface area contributed by atoms with E-state index in [2.05, 4.69) is 55.3 Å². The Bertz CT molecular complexity index is 402. The van der Waals surface area contributed by atoms with Crippen molar-refractivity contribution in [2.45, 2.75) is 52.5 Å². The van der Waals surface area contributed by atoms with Crippen LogP contribution in [0.5, 0.6) is 0 Å². The van der Waals surface area contributed by atoms with Crippen LogP contribution in [0.1, 0.15) is 45.6 Å². The number of benzene rings is 1. The Labute approximate surface area is 124 Å². The maximum atomic E-state index is 3.58. The molecule has 20 heavy (non-hydrogen) atoms. The van der Waals surface area contributed by atoms with Crippen LogP contribution in [0.25, 0.3) is 0 Å². The molecule has 0 radical (unpaired) electrons. The highest BCUT2D eigenvalue weighted by atomic mass is 15.1. The van der Waals surface area contributed by atoms with Crippen molar-refractivity contribution in [2.75, 3.05) is 24.5 Å². The molecule has 112 valence electrons. The first-order chi connectivity index (χ1) is 9.70. The highest BCUT2D eigenvalue weighted by Gasteiger charge is 2.20. The number of anilines is 1. The van der Waals surface area contributed by atoms with Crippen LogP contribution in [0.2, 0.25) is 0 Å². The first kappa shape index (κ1) is 15.4. The zero-order chi connectivity index (χ0) is 14.4. The second kappa shape index (κ2) is 7.68. The van der Waals surface area contributed by atoms with E-state index in [0.717, 1.165) is 12.5 Å². The van der Waals surface area contributed by atoms with E-state index >= 15 is 0 Å². The van der Waals surface area contributed by atoms with Crippen molar-refractivity contribution in [2.24, 2.45) is 5.92 Å². The molecule has 1 aliphatic rings. The summed E-state index contributed by atoms with van der Waals surface area (Å²) >= 11 is 0. The van der Waals surface area contributed by atoms with E-state index in [-0.39, 0.29) is 0 Å². The van der Waals surface area contributed by atoms with Crippen molar-refractivity contribution >= 4 is 5.69 Å². The molecule has 0 aliphatic carbocycles. The lowest BCUT2D eigenvalue weighted by Gasteiger charge is -2.35. The third-order valence-corrected chi connectivity index (χ3v) is 4.24. The van der Waals surface area contributed by atoms with E-state index in [1.807, 2.05) is 0 Å². The molecule has 0 bridgehead atoms. The third kappa shape index (κ3) is 4.24. The van der Waals surface area contributed by atoms with E-state index in [1.54, 1.807) is 0 Å². The van der Waals surface area contributed by atoms with Gasteiger partial charge in [0.2, 0.25) is 0 Å². The second-order valence-corrected chi connectivity index (χ2v) is 6.38. The van der Waals surface area contributed by atoms with Crippen LogP contribution in [-0.2, 0) is 6.42 Å². The molecule has 0 fully saturated rings. The maximum Gasteiger partial charge on any atom is 0.0398 e. The molecule has 1 aliphatic heterocycles. The predicted octanol–water partition coefficient (Wildman–Crippen LogP) is 3.85. The molecule has 1 aromatic rings. The topological polar surface area (TPSA) is 15.3 Å².